The van der Waals surface area contributed by atoms with E-state index in [0.29, 0.717) is 16.7 Å². The van der Waals surface area contributed by atoms with Crippen molar-refractivity contribution < 1.29 is 13.9 Å². The first-order valence-electron chi connectivity index (χ1n) is 14.8. The third-order valence-electron chi connectivity index (χ3n) is 7.79. The maximum atomic E-state index is 14.8. The molecule has 1 aliphatic heterocycles. The molecule has 0 bridgehead atoms. The summed E-state index contributed by atoms with van der Waals surface area (Å²) in [6.45, 7) is 11.1. The fraction of sp³-hybridized carbons (Fsp3) is 0.324. The first-order chi connectivity index (χ1) is 21.1. The van der Waals surface area contributed by atoms with Crippen molar-refractivity contribution in [3.63, 3.8) is 0 Å². The number of halogens is 2. The third-order valence-corrected chi connectivity index (χ3v) is 8.03. The Balaban J connectivity index is 1.33. The Kier molecular flexibility index (Phi) is 10.1. The number of amides is 1. The zero-order valence-electron chi connectivity index (χ0n) is 25.6. The number of carbonyl (C=O) groups is 1. The smallest absolute Gasteiger partial charge is 0.409 e. The second kappa shape index (κ2) is 14.2. The number of benzene rings is 3. The minimum atomic E-state index is -0.700. The lowest BCUT2D eigenvalue weighted by molar-refractivity contribution is 0.155. The summed E-state index contributed by atoms with van der Waals surface area (Å²) in [6, 6.07) is 17.9. The Bertz CT molecular complexity index is 1590. The molecule has 0 saturated carbocycles. The molecule has 5 rings (SSSR count). The van der Waals surface area contributed by atoms with Crippen LogP contribution < -0.4 is 15.0 Å². The molecule has 4 aromatic rings. The van der Waals surface area contributed by atoms with Crippen LogP contribution >= 0.6 is 11.6 Å². The molecule has 1 aliphatic rings. The van der Waals surface area contributed by atoms with Gasteiger partial charge in [-0.15, -0.1) is 0 Å². The molecule has 1 amide bonds. The van der Waals surface area contributed by atoms with Crippen LogP contribution in [-0.2, 0) is 13.0 Å². The number of rotatable bonds is 9. The summed E-state index contributed by atoms with van der Waals surface area (Å²) in [7, 11) is 2.16. The first kappa shape index (κ1) is 31.4. The molecule has 1 N–H and O–H groups in total. The summed E-state index contributed by atoms with van der Waals surface area (Å²) in [5.74, 6) is 0.505. The molecule has 1 saturated heterocycles. The highest BCUT2D eigenvalue weighted by Gasteiger charge is 2.24. The molecule has 0 unspecified atom stereocenters. The molecule has 3 aromatic carbocycles. The van der Waals surface area contributed by atoms with Gasteiger partial charge in [0.25, 0.3) is 0 Å². The largest absolute Gasteiger partial charge is 0.421 e. The number of piperazine rings is 1. The van der Waals surface area contributed by atoms with Gasteiger partial charge in [-0.2, -0.15) is 4.98 Å². The maximum absolute atomic E-state index is 14.8. The van der Waals surface area contributed by atoms with Gasteiger partial charge < -0.3 is 19.9 Å². The Labute approximate surface area is 263 Å². The van der Waals surface area contributed by atoms with Gasteiger partial charge >= 0.3 is 6.09 Å². The monoisotopic (exact) mass is 616 g/mol. The lowest BCUT2D eigenvalue weighted by Gasteiger charge is -2.32. The zero-order valence-corrected chi connectivity index (χ0v) is 26.4. The number of ether oxygens (including phenoxy) is 1. The summed E-state index contributed by atoms with van der Waals surface area (Å²) >= 11 is 6.16. The number of nitrogens with zero attached hydrogens (tertiary/aromatic N) is 5. The predicted octanol–water partition coefficient (Wildman–Crippen LogP) is 6.93. The average molecular weight is 617 g/mol. The Morgan fingerprint density at radius 1 is 1.00 bits per heavy atom. The quantitative estimate of drug-likeness (QED) is 0.218. The van der Waals surface area contributed by atoms with E-state index in [4.69, 9.17) is 16.3 Å². The van der Waals surface area contributed by atoms with Gasteiger partial charge in [-0.1, -0.05) is 41.4 Å². The zero-order chi connectivity index (χ0) is 31.2. The van der Waals surface area contributed by atoms with Crippen LogP contribution in [0, 0.1) is 26.6 Å². The normalized spacial score (nSPS) is 14.0. The van der Waals surface area contributed by atoms with Gasteiger partial charge in [0.05, 0.1) is 6.54 Å². The van der Waals surface area contributed by atoms with Crippen LogP contribution in [0.4, 0.5) is 26.6 Å². The van der Waals surface area contributed by atoms with E-state index in [1.54, 1.807) is 12.3 Å². The van der Waals surface area contributed by atoms with Crippen molar-refractivity contribution in [2.75, 3.05) is 50.0 Å². The van der Waals surface area contributed by atoms with E-state index in [0.717, 1.165) is 61.5 Å². The minimum Gasteiger partial charge on any atom is -0.409 e. The topological polar surface area (TPSA) is 73.8 Å². The molecule has 0 radical (unpaired) electrons. The molecule has 0 aliphatic carbocycles. The van der Waals surface area contributed by atoms with Crippen molar-refractivity contribution in [1.29, 1.82) is 0 Å². The third kappa shape index (κ3) is 8.11. The highest BCUT2D eigenvalue weighted by atomic mass is 35.5. The second-order valence-electron chi connectivity index (χ2n) is 11.4. The molecular weight excluding hydrogens is 579 g/mol. The Morgan fingerprint density at radius 2 is 1.70 bits per heavy atom. The second-order valence-corrected chi connectivity index (χ2v) is 11.8. The Hall–Kier alpha value is -4.05. The highest BCUT2D eigenvalue weighted by Crippen LogP contribution is 2.28. The number of anilines is 3. The van der Waals surface area contributed by atoms with Crippen LogP contribution in [0.15, 0.2) is 66.9 Å². The van der Waals surface area contributed by atoms with Gasteiger partial charge in [0, 0.05) is 55.2 Å². The SMILES string of the molecule is Cc1cc(C)c(OC(=O)N(Cc2cc(Cl)ccc2F)c2ccnc(Nc3ccc(CCN4CCN(C)CC4)cc3)n2)c(C)c1. The van der Waals surface area contributed by atoms with E-state index in [1.165, 1.54) is 28.7 Å². The van der Waals surface area contributed by atoms with E-state index in [-0.39, 0.29) is 17.9 Å². The van der Waals surface area contributed by atoms with Gasteiger partial charge in [-0.25, -0.2) is 14.2 Å². The lowest BCUT2D eigenvalue weighted by Crippen LogP contribution is -2.45. The Morgan fingerprint density at radius 3 is 2.41 bits per heavy atom. The molecule has 8 nitrogen and oxygen atoms in total. The predicted molar refractivity (Wildman–Crippen MR) is 174 cm³/mol. The molecule has 0 atom stereocenters. The van der Waals surface area contributed by atoms with Gasteiger partial charge in [-0.05, 0) is 87.3 Å². The number of aromatic nitrogens is 2. The van der Waals surface area contributed by atoms with Gasteiger partial charge in [0.2, 0.25) is 5.95 Å². The maximum Gasteiger partial charge on any atom is 0.421 e. The van der Waals surface area contributed by atoms with Crippen molar-refractivity contribution in [2.24, 2.45) is 0 Å². The molecule has 230 valence electrons. The lowest BCUT2D eigenvalue weighted by atomic mass is 10.1. The fourth-order valence-corrected chi connectivity index (χ4v) is 5.54. The van der Waals surface area contributed by atoms with E-state index < -0.39 is 11.9 Å². The minimum absolute atomic E-state index is 0.145. The van der Waals surface area contributed by atoms with Gasteiger partial charge in [-0.3, -0.25) is 4.90 Å². The molecule has 0 spiro atoms. The number of hydrogen-bond donors (Lipinski definition) is 1. The van der Waals surface area contributed by atoms with Crippen LogP contribution in [0.5, 0.6) is 5.75 Å². The number of hydrogen-bond acceptors (Lipinski definition) is 7. The summed E-state index contributed by atoms with van der Waals surface area (Å²) in [4.78, 5) is 28.8. The first-order valence-corrected chi connectivity index (χ1v) is 15.1. The molecule has 1 fully saturated rings. The molecule has 1 aromatic heterocycles. The van der Waals surface area contributed by atoms with Crippen LogP contribution in [0.25, 0.3) is 0 Å². The summed E-state index contributed by atoms with van der Waals surface area (Å²) in [5, 5.41) is 3.58. The van der Waals surface area contributed by atoms with Gasteiger partial charge in [0.1, 0.15) is 17.4 Å². The van der Waals surface area contributed by atoms with E-state index >= 15 is 0 Å². The molecule has 10 heteroatoms. The van der Waals surface area contributed by atoms with Crippen molar-refractivity contribution in [3.8, 4) is 5.75 Å². The summed E-state index contributed by atoms with van der Waals surface area (Å²) < 4.78 is 20.7. The molecule has 44 heavy (non-hydrogen) atoms. The van der Waals surface area contributed by atoms with Crippen LogP contribution in [0.1, 0.15) is 27.8 Å². The number of carbonyl (C=O) groups excluding carboxylic acids is 1. The van der Waals surface area contributed by atoms with Gasteiger partial charge in [0.15, 0.2) is 0 Å². The van der Waals surface area contributed by atoms with E-state index in [9.17, 15) is 9.18 Å². The number of likely N-dealkylation sites (N-methyl/N-ethyl adjacent to an activating group) is 1. The van der Waals surface area contributed by atoms with Crippen molar-refractivity contribution in [1.82, 2.24) is 19.8 Å². The van der Waals surface area contributed by atoms with Crippen molar-refractivity contribution in [3.05, 3.63) is 106 Å². The molecule has 2 heterocycles. The number of aryl methyl sites for hydroxylation is 3. The highest BCUT2D eigenvalue weighted by molar-refractivity contribution is 6.30. The number of nitrogens with one attached hydrogen (secondary N) is 1. The van der Waals surface area contributed by atoms with Crippen molar-refractivity contribution in [2.45, 2.75) is 33.7 Å². The standard InChI is InChI=1S/C34H38ClFN6O2/c1-23-19-24(2)32(25(3)20-23)44-34(43)42(22-27-21-28(35)7-10-30(27)36)31-11-13-37-33(39-31)38-29-8-5-26(6-9-29)12-14-41-17-15-40(4)16-18-41/h5-11,13,19-21H,12,14-18,22H2,1-4H3,(H,37,38,39). The summed E-state index contributed by atoms with van der Waals surface area (Å²) in [6.07, 6.45) is 1.83. The van der Waals surface area contributed by atoms with Crippen molar-refractivity contribution >= 4 is 35.1 Å². The van der Waals surface area contributed by atoms with E-state index in [2.05, 4.69) is 44.3 Å². The fourth-order valence-electron chi connectivity index (χ4n) is 5.35. The van der Waals surface area contributed by atoms with E-state index in [1.807, 2.05) is 45.0 Å². The van der Waals surface area contributed by atoms with Crippen LogP contribution in [-0.4, -0.2) is 65.6 Å². The average Bonchev–Trinajstić information content (AvgIpc) is 3.00. The van der Waals surface area contributed by atoms with Crippen LogP contribution in [0.3, 0.4) is 0 Å². The summed E-state index contributed by atoms with van der Waals surface area (Å²) in [5.41, 5.74) is 5.00. The molecular formula is C34H38ClFN6O2. The van der Waals surface area contributed by atoms with Crippen LogP contribution in [0.2, 0.25) is 5.02 Å².